The molecule has 6 nitrogen and oxygen atoms in total. The molecule has 0 saturated carbocycles. The number of hydrogen-bond donors (Lipinski definition) is 0. The predicted molar refractivity (Wildman–Crippen MR) is 54.3 cm³/mol. The summed E-state index contributed by atoms with van der Waals surface area (Å²) in [5, 5.41) is 4.01. The van der Waals surface area contributed by atoms with Gasteiger partial charge in [-0.3, -0.25) is 0 Å². The Morgan fingerprint density at radius 2 is 2.44 bits per heavy atom. The molecule has 6 heteroatoms. The van der Waals surface area contributed by atoms with E-state index in [1.54, 1.807) is 19.3 Å². The van der Waals surface area contributed by atoms with Crippen molar-refractivity contribution in [3.8, 4) is 6.01 Å². The number of carbonyl (C=O) groups is 1. The van der Waals surface area contributed by atoms with E-state index in [2.05, 4.69) is 10.1 Å². The third-order valence-electron chi connectivity index (χ3n) is 1.88. The van der Waals surface area contributed by atoms with Crippen LogP contribution in [-0.4, -0.2) is 27.3 Å². The van der Waals surface area contributed by atoms with Crippen molar-refractivity contribution in [3.05, 3.63) is 29.9 Å². The van der Waals surface area contributed by atoms with Gasteiger partial charge in [0, 0.05) is 6.20 Å². The second kappa shape index (κ2) is 4.18. The Kier molecular flexibility index (Phi) is 2.72. The van der Waals surface area contributed by atoms with Crippen LogP contribution in [0.15, 0.2) is 23.1 Å². The first-order chi connectivity index (χ1) is 7.70. The molecule has 0 aliphatic rings. The zero-order valence-corrected chi connectivity index (χ0v) is 9.01. The molecule has 0 fully saturated rings. The highest BCUT2D eigenvalue weighted by Crippen LogP contribution is 2.09. The van der Waals surface area contributed by atoms with Gasteiger partial charge in [0.2, 0.25) is 0 Å². The number of esters is 1. The first-order valence-electron chi connectivity index (χ1n) is 4.85. The van der Waals surface area contributed by atoms with Crippen LogP contribution in [0.2, 0.25) is 0 Å². The Labute approximate surface area is 91.8 Å². The smallest absolute Gasteiger partial charge is 0.360 e. The maximum atomic E-state index is 11.3. The van der Waals surface area contributed by atoms with Crippen molar-refractivity contribution in [1.82, 2.24) is 14.8 Å². The maximum absolute atomic E-state index is 11.3. The normalized spacial score (nSPS) is 10.4. The number of rotatable bonds is 3. The topological polar surface area (TPSA) is 70.2 Å². The molecule has 0 unspecified atom stereocenters. The molecule has 0 aliphatic carbocycles. The second-order valence-electron chi connectivity index (χ2n) is 3.20. The largest absolute Gasteiger partial charge is 0.461 e. The Balaban J connectivity index is 2.22. The fourth-order valence-corrected chi connectivity index (χ4v) is 1.19. The molecule has 2 aromatic rings. The van der Waals surface area contributed by atoms with Crippen LogP contribution in [0.5, 0.6) is 0 Å². The highest BCUT2D eigenvalue weighted by Gasteiger charge is 2.14. The fourth-order valence-electron chi connectivity index (χ4n) is 1.19. The average molecular weight is 221 g/mol. The van der Waals surface area contributed by atoms with Crippen molar-refractivity contribution < 1.29 is 13.9 Å². The molecule has 2 aromatic heterocycles. The maximum Gasteiger partial charge on any atom is 0.360 e. The molecule has 0 aromatic carbocycles. The Hall–Kier alpha value is -2.11. The summed E-state index contributed by atoms with van der Waals surface area (Å²) in [6.45, 7) is 3.94. The molecule has 0 radical (unpaired) electrons. The SMILES string of the molecule is CCOC(=O)c1coc(-n2cc(C)cn2)n1. The summed E-state index contributed by atoms with van der Waals surface area (Å²) in [6.07, 6.45) is 4.68. The quantitative estimate of drug-likeness (QED) is 0.731. The first kappa shape index (κ1) is 10.4. The summed E-state index contributed by atoms with van der Waals surface area (Å²) in [6, 6.07) is 0.246. The number of aromatic nitrogens is 3. The fraction of sp³-hybridized carbons (Fsp3) is 0.300. The van der Waals surface area contributed by atoms with Gasteiger partial charge in [0.15, 0.2) is 5.69 Å². The average Bonchev–Trinajstić information content (AvgIpc) is 2.85. The van der Waals surface area contributed by atoms with E-state index in [4.69, 9.17) is 9.15 Å². The molecule has 0 saturated heterocycles. The van der Waals surface area contributed by atoms with Gasteiger partial charge in [0.25, 0.3) is 0 Å². The van der Waals surface area contributed by atoms with Crippen LogP contribution < -0.4 is 0 Å². The Morgan fingerprint density at radius 3 is 3.06 bits per heavy atom. The molecule has 0 aliphatic heterocycles. The molecule has 16 heavy (non-hydrogen) atoms. The molecule has 0 amide bonds. The van der Waals surface area contributed by atoms with Gasteiger partial charge in [0.05, 0.1) is 12.8 Å². The molecule has 0 N–H and O–H groups in total. The summed E-state index contributed by atoms with van der Waals surface area (Å²) >= 11 is 0. The highest BCUT2D eigenvalue weighted by molar-refractivity contribution is 5.86. The van der Waals surface area contributed by atoms with Gasteiger partial charge in [-0.15, -0.1) is 0 Å². The lowest BCUT2D eigenvalue weighted by atomic mass is 10.4. The van der Waals surface area contributed by atoms with Gasteiger partial charge in [-0.25, -0.2) is 4.79 Å². The molecule has 0 atom stereocenters. The Bertz CT molecular complexity index is 501. The zero-order chi connectivity index (χ0) is 11.5. The lowest BCUT2D eigenvalue weighted by molar-refractivity contribution is 0.0519. The molecule has 84 valence electrons. The van der Waals surface area contributed by atoms with Crippen molar-refractivity contribution in [2.45, 2.75) is 13.8 Å². The van der Waals surface area contributed by atoms with Crippen LogP contribution in [0.3, 0.4) is 0 Å². The number of nitrogens with zero attached hydrogens (tertiary/aromatic N) is 3. The summed E-state index contributed by atoms with van der Waals surface area (Å²) in [7, 11) is 0. The third kappa shape index (κ3) is 1.95. The monoisotopic (exact) mass is 221 g/mol. The molecule has 0 bridgehead atoms. The van der Waals surface area contributed by atoms with Crippen LogP contribution in [0.1, 0.15) is 23.0 Å². The number of carbonyl (C=O) groups excluding carboxylic acids is 1. The van der Waals surface area contributed by atoms with Crippen LogP contribution >= 0.6 is 0 Å². The summed E-state index contributed by atoms with van der Waals surface area (Å²) < 4.78 is 11.4. The van der Waals surface area contributed by atoms with Crippen LogP contribution in [0.25, 0.3) is 6.01 Å². The van der Waals surface area contributed by atoms with E-state index in [9.17, 15) is 4.79 Å². The number of ether oxygens (including phenoxy) is 1. The molecular weight excluding hydrogens is 210 g/mol. The standard InChI is InChI=1S/C10H11N3O3/c1-3-15-9(14)8-6-16-10(12-8)13-5-7(2)4-11-13/h4-6H,3H2,1-2H3. The van der Waals surface area contributed by atoms with E-state index in [1.165, 1.54) is 10.9 Å². The molecule has 2 rings (SSSR count). The second-order valence-corrected chi connectivity index (χ2v) is 3.20. The van der Waals surface area contributed by atoms with E-state index in [-0.39, 0.29) is 11.7 Å². The van der Waals surface area contributed by atoms with Crippen LogP contribution in [0, 0.1) is 6.92 Å². The van der Waals surface area contributed by atoms with E-state index in [0.29, 0.717) is 6.61 Å². The van der Waals surface area contributed by atoms with E-state index < -0.39 is 5.97 Å². The van der Waals surface area contributed by atoms with Crippen molar-refractivity contribution >= 4 is 5.97 Å². The minimum absolute atomic E-state index is 0.144. The summed E-state index contributed by atoms with van der Waals surface area (Å²) in [4.78, 5) is 15.3. The van der Waals surface area contributed by atoms with E-state index >= 15 is 0 Å². The van der Waals surface area contributed by atoms with Gasteiger partial charge in [0.1, 0.15) is 6.26 Å². The van der Waals surface area contributed by atoms with E-state index in [1.807, 2.05) is 6.92 Å². The van der Waals surface area contributed by atoms with E-state index in [0.717, 1.165) is 5.56 Å². The lowest BCUT2D eigenvalue weighted by Crippen LogP contribution is -2.05. The minimum Gasteiger partial charge on any atom is -0.461 e. The molecule has 0 spiro atoms. The number of aryl methyl sites for hydroxylation is 1. The summed E-state index contributed by atoms with van der Waals surface area (Å²) in [5.41, 5.74) is 1.13. The predicted octanol–water partition coefficient (Wildman–Crippen LogP) is 1.35. The van der Waals surface area contributed by atoms with Gasteiger partial charge in [-0.1, -0.05) is 0 Å². The van der Waals surface area contributed by atoms with Gasteiger partial charge < -0.3 is 9.15 Å². The van der Waals surface area contributed by atoms with Gasteiger partial charge in [-0.2, -0.15) is 14.8 Å². The Morgan fingerprint density at radius 1 is 1.62 bits per heavy atom. The van der Waals surface area contributed by atoms with Crippen molar-refractivity contribution in [1.29, 1.82) is 0 Å². The molecular formula is C10H11N3O3. The lowest BCUT2D eigenvalue weighted by Gasteiger charge is -1.95. The van der Waals surface area contributed by atoms with Crippen molar-refractivity contribution in [3.63, 3.8) is 0 Å². The third-order valence-corrected chi connectivity index (χ3v) is 1.88. The van der Waals surface area contributed by atoms with Crippen LogP contribution in [0.4, 0.5) is 0 Å². The first-order valence-corrected chi connectivity index (χ1v) is 4.85. The number of hydrogen-bond acceptors (Lipinski definition) is 5. The van der Waals surface area contributed by atoms with Gasteiger partial charge >= 0.3 is 12.0 Å². The number of oxazole rings is 1. The minimum atomic E-state index is -0.499. The zero-order valence-electron chi connectivity index (χ0n) is 9.01. The van der Waals surface area contributed by atoms with Crippen molar-refractivity contribution in [2.24, 2.45) is 0 Å². The highest BCUT2D eigenvalue weighted by atomic mass is 16.5. The summed E-state index contributed by atoms with van der Waals surface area (Å²) in [5.74, 6) is -0.499. The molecule has 2 heterocycles. The van der Waals surface area contributed by atoms with Gasteiger partial charge in [-0.05, 0) is 19.4 Å². The van der Waals surface area contributed by atoms with Crippen LogP contribution in [-0.2, 0) is 4.74 Å². The van der Waals surface area contributed by atoms with Crippen molar-refractivity contribution in [2.75, 3.05) is 6.61 Å².